The Balaban J connectivity index is 1.48. The van der Waals surface area contributed by atoms with E-state index in [9.17, 15) is 5.11 Å². The van der Waals surface area contributed by atoms with Crippen LogP contribution >= 0.6 is 0 Å². The second-order valence-corrected chi connectivity index (χ2v) is 7.40. The van der Waals surface area contributed by atoms with Gasteiger partial charge in [0.2, 0.25) is 0 Å². The van der Waals surface area contributed by atoms with E-state index < -0.39 is 11.8 Å². The molecule has 4 rings (SSSR count). The fraction of sp³-hybridized carbons (Fsp3) is 0.882. The molecule has 22 heavy (non-hydrogen) atoms. The number of ether oxygens (including phenoxy) is 3. The molecule has 2 saturated carbocycles. The Hall–Kier alpha value is -0.460. The van der Waals surface area contributed by atoms with Crippen LogP contribution in [0, 0.1) is 5.92 Å². The van der Waals surface area contributed by atoms with Crippen molar-refractivity contribution >= 4 is 0 Å². The average molecular weight is 309 g/mol. The summed E-state index contributed by atoms with van der Waals surface area (Å²) in [5.74, 6) is -0.0827. The molecule has 0 amide bonds. The number of epoxide rings is 2. The Morgan fingerprint density at radius 1 is 1.41 bits per heavy atom. The molecule has 2 heterocycles. The molecule has 4 fully saturated rings. The van der Waals surface area contributed by atoms with Gasteiger partial charge in [0.25, 0.3) is 0 Å². The highest BCUT2D eigenvalue weighted by atomic mass is 16.6. The molecule has 1 spiro atoms. The van der Waals surface area contributed by atoms with Gasteiger partial charge in [-0.3, -0.25) is 0 Å². The second-order valence-electron chi connectivity index (χ2n) is 7.40. The van der Waals surface area contributed by atoms with E-state index in [0.717, 1.165) is 12.8 Å². The summed E-state index contributed by atoms with van der Waals surface area (Å²) in [5.41, 5.74) is 7.17. The maximum atomic E-state index is 10.3. The van der Waals surface area contributed by atoms with E-state index in [1.807, 2.05) is 0 Å². The molecule has 2 saturated heterocycles. The molecule has 0 aromatic carbocycles. The largest absolute Gasteiger partial charge is 0.390 e. The molecule has 0 aromatic rings. The number of aliphatic hydroxyl groups is 1. The number of nitrogens with two attached hydrogens (primary N) is 1. The Labute approximate surface area is 131 Å². The third-order valence-electron chi connectivity index (χ3n) is 6.07. The molecule has 0 bridgehead atoms. The number of rotatable bonds is 4. The van der Waals surface area contributed by atoms with Crippen LogP contribution in [0.2, 0.25) is 0 Å². The van der Waals surface area contributed by atoms with Crippen molar-refractivity contribution < 1.29 is 19.3 Å². The number of allylic oxidation sites excluding steroid dienone is 1. The molecule has 0 radical (unpaired) electrons. The molecule has 5 nitrogen and oxygen atoms in total. The van der Waals surface area contributed by atoms with E-state index in [4.69, 9.17) is 19.9 Å². The first kappa shape index (κ1) is 15.1. The molecule has 6 atom stereocenters. The standard InChI is InChI=1S/C17H27NO4/c1-20-14-12(19)8-9-16(10-21-16)15(14)17(18)13(22-17)7-6-11-4-2-3-5-11/h6,12-15,19H,2-5,7-10,18H2,1H3/t12-,13-,14-,15+,16+,17+/m1/s1. The van der Waals surface area contributed by atoms with Crippen molar-refractivity contribution in [3.05, 3.63) is 11.6 Å². The molecule has 3 N–H and O–H groups in total. The van der Waals surface area contributed by atoms with Gasteiger partial charge < -0.3 is 25.1 Å². The second kappa shape index (κ2) is 5.28. The first-order valence-corrected chi connectivity index (χ1v) is 8.58. The van der Waals surface area contributed by atoms with E-state index in [2.05, 4.69) is 6.08 Å². The number of methoxy groups -OCH3 is 1. The van der Waals surface area contributed by atoms with Crippen molar-refractivity contribution in [2.24, 2.45) is 11.7 Å². The van der Waals surface area contributed by atoms with Gasteiger partial charge in [-0.15, -0.1) is 0 Å². The summed E-state index contributed by atoms with van der Waals surface area (Å²) in [6.45, 7) is 0.709. The van der Waals surface area contributed by atoms with E-state index in [1.54, 1.807) is 12.7 Å². The van der Waals surface area contributed by atoms with Crippen LogP contribution in [0.3, 0.4) is 0 Å². The summed E-state index contributed by atoms with van der Waals surface area (Å²) in [4.78, 5) is 0. The van der Waals surface area contributed by atoms with Gasteiger partial charge in [0.15, 0.2) is 5.72 Å². The highest BCUT2D eigenvalue weighted by Crippen LogP contribution is 2.57. The van der Waals surface area contributed by atoms with E-state index in [1.165, 1.54) is 25.7 Å². The van der Waals surface area contributed by atoms with E-state index in [0.29, 0.717) is 13.0 Å². The van der Waals surface area contributed by atoms with Crippen molar-refractivity contribution in [2.75, 3.05) is 13.7 Å². The summed E-state index contributed by atoms with van der Waals surface area (Å²) >= 11 is 0. The summed E-state index contributed by atoms with van der Waals surface area (Å²) in [7, 11) is 1.64. The SMILES string of the molecule is CO[C@@H]1[C@H](O)CC[C@]2(CO2)[C@H]1[C@@]1(N)O[C@@H]1CC=C1CCCC1. The molecule has 124 valence electrons. The maximum Gasteiger partial charge on any atom is 0.152 e. The van der Waals surface area contributed by atoms with Crippen molar-refractivity contribution in [3.63, 3.8) is 0 Å². The topological polar surface area (TPSA) is 80.5 Å². The number of hydrogen-bond acceptors (Lipinski definition) is 5. The van der Waals surface area contributed by atoms with Crippen molar-refractivity contribution in [2.45, 2.75) is 74.6 Å². The third kappa shape index (κ3) is 2.34. The van der Waals surface area contributed by atoms with Gasteiger partial charge >= 0.3 is 0 Å². The first-order chi connectivity index (χ1) is 10.6. The summed E-state index contributed by atoms with van der Waals surface area (Å²) in [5, 5.41) is 10.3. The lowest BCUT2D eigenvalue weighted by atomic mass is 9.71. The minimum atomic E-state index is -0.714. The lowest BCUT2D eigenvalue weighted by molar-refractivity contribution is -0.117. The zero-order chi connectivity index (χ0) is 15.4. The summed E-state index contributed by atoms with van der Waals surface area (Å²) in [6, 6.07) is 0. The zero-order valence-electron chi connectivity index (χ0n) is 13.3. The van der Waals surface area contributed by atoms with Crippen LogP contribution in [-0.2, 0) is 14.2 Å². The Bertz CT molecular complexity index is 467. The minimum absolute atomic E-state index is 0.0228. The van der Waals surface area contributed by atoms with Crippen LogP contribution in [0.1, 0.15) is 44.9 Å². The Morgan fingerprint density at radius 2 is 2.14 bits per heavy atom. The van der Waals surface area contributed by atoms with Crippen LogP contribution in [-0.4, -0.2) is 48.5 Å². The molecule has 0 aromatic heterocycles. The molecule has 5 heteroatoms. The highest BCUT2D eigenvalue weighted by molar-refractivity contribution is 5.20. The first-order valence-electron chi connectivity index (χ1n) is 8.58. The molecule has 2 aliphatic carbocycles. The molecule has 0 unspecified atom stereocenters. The predicted molar refractivity (Wildman–Crippen MR) is 81.2 cm³/mol. The van der Waals surface area contributed by atoms with Crippen molar-refractivity contribution in [3.8, 4) is 0 Å². The molecular weight excluding hydrogens is 282 g/mol. The highest BCUT2D eigenvalue weighted by Gasteiger charge is 2.72. The number of hydrogen-bond donors (Lipinski definition) is 2. The summed E-state index contributed by atoms with van der Waals surface area (Å²) < 4.78 is 17.3. The van der Waals surface area contributed by atoms with Crippen molar-refractivity contribution in [1.82, 2.24) is 0 Å². The van der Waals surface area contributed by atoms with Crippen LogP contribution < -0.4 is 5.73 Å². The van der Waals surface area contributed by atoms with Crippen LogP contribution in [0.15, 0.2) is 11.6 Å². The lowest BCUT2D eigenvalue weighted by Crippen LogP contribution is -2.58. The van der Waals surface area contributed by atoms with Crippen molar-refractivity contribution in [1.29, 1.82) is 0 Å². The fourth-order valence-corrected chi connectivity index (χ4v) is 4.64. The average Bonchev–Trinajstić information content (AvgIpc) is 3.35. The van der Waals surface area contributed by atoms with Gasteiger partial charge in [-0.1, -0.05) is 11.6 Å². The van der Waals surface area contributed by atoms with Gasteiger partial charge in [0.1, 0.15) is 11.7 Å². The van der Waals surface area contributed by atoms with Gasteiger partial charge in [0, 0.05) is 7.11 Å². The van der Waals surface area contributed by atoms with Crippen LogP contribution in [0.4, 0.5) is 0 Å². The normalized spacial score (nSPS) is 50.4. The van der Waals surface area contributed by atoms with Crippen LogP contribution in [0.5, 0.6) is 0 Å². The smallest absolute Gasteiger partial charge is 0.152 e. The van der Waals surface area contributed by atoms with E-state index >= 15 is 0 Å². The lowest BCUT2D eigenvalue weighted by Gasteiger charge is -2.41. The van der Waals surface area contributed by atoms with Gasteiger partial charge in [-0.2, -0.15) is 0 Å². The van der Waals surface area contributed by atoms with Gasteiger partial charge in [0.05, 0.1) is 24.7 Å². The zero-order valence-corrected chi connectivity index (χ0v) is 13.3. The minimum Gasteiger partial charge on any atom is -0.390 e. The third-order valence-corrected chi connectivity index (χ3v) is 6.07. The predicted octanol–water partition coefficient (Wildman–Crippen LogP) is 1.49. The Kier molecular flexibility index (Phi) is 3.62. The molecule has 4 aliphatic rings. The summed E-state index contributed by atoms with van der Waals surface area (Å²) in [6.07, 6.45) is 9.03. The van der Waals surface area contributed by atoms with Crippen LogP contribution in [0.25, 0.3) is 0 Å². The number of aliphatic hydroxyl groups excluding tert-OH is 1. The molecular formula is C17H27NO4. The van der Waals surface area contributed by atoms with Gasteiger partial charge in [-0.25, -0.2) is 0 Å². The Morgan fingerprint density at radius 3 is 2.77 bits per heavy atom. The van der Waals surface area contributed by atoms with Gasteiger partial charge in [-0.05, 0) is 44.9 Å². The monoisotopic (exact) mass is 309 g/mol. The quantitative estimate of drug-likeness (QED) is 0.607. The molecule has 2 aliphatic heterocycles. The van der Waals surface area contributed by atoms with E-state index in [-0.39, 0.29) is 23.7 Å². The fourth-order valence-electron chi connectivity index (χ4n) is 4.64. The maximum absolute atomic E-state index is 10.3.